The van der Waals surface area contributed by atoms with Gasteiger partial charge in [0.1, 0.15) is 10.7 Å². The number of rotatable bonds is 6. The predicted octanol–water partition coefficient (Wildman–Crippen LogP) is 3.09. The van der Waals surface area contributed by atoms with Crippen LogP contribution in [0.25, 0.3) is 0 Å². The Balaban J connectivity index is 2.10. The van der Waals surface area contributed by atoms with Crippen molar-refractivity contribution in [2.75, 3.05) is 37.3 Å². The Morgan fingerprint density at radius 2 is 2.00 bits per heavy atom. The summed E-state index contributed by atoms with van der Waals surface area (Å²) in [5.41, 5.74) is 0.719. The largest absolute Gasteiger partial charge is 0.463 e. The maximum atomic E-state index is 13.3. The van der Waals surface area contributed by atoms with Crippen molar-refractivity contribution in [1.82, 2.24) is 4.31 Å². The number of sulfonamides is 1. The van der Waals surface area contributed by atoms with Crippen LogP contribution in [0.3, 0.4) is 0 Å². The number of hydrogen-bond donors (Lipinski definition) is 1. The van der Waals surface area contributed by atoms with Crippen molar-refractivity contribution in [3.63, 3.8) is 0 Å². The fraction of sp³-hybridized carbons (Fsp3) is 0.471. The summed E-state index contributed by atoms with van der Waals surface area (Å²) < 4.78 is 38.1. The van der Waals surface area contributed by atoms with Crippen LogP contribution in [0.15, 0.2) is 38.2 Å². The van der Waals surface area contributed by atoms with E-state index < -0.39 is 16.0 Å². The SMILES string of the molecule is CCOC(=O)/C(C)=C1/Nc2cc3c(cc2S(=O)(=O)N1CCCOC)SCS3. The maximum absolute atomic E-state index is 13.3. The standard InChI is InChI=1S/C17H22N2O5S3/c1-4-24-17(20)11(2)16-18-12-8-13-14(26-10-25-13)9-15(12)27(21,22)19(16)6-5-7-23-3/h8-9,18H,4-7,10H2,1-3H3/b16-11-. The van der Waals surface area contributed by atoms with Crippen molar-refractivity contribution in [3.05, 3.63) is 23.5 Å². The summed E-state index contributed by atoms with van der Waals surface area (Å²) in [6.45, 7) is 4.12. The average Bonchev–Trinajstić information content (AvgIpc) is 3.09. The Bertz CT molecular complexity index is 883. The highest BCUT2D eigenvalue weighted by Crippen LogP contribution is 2.47. The van der Waals surface area contributed by atoms with E-state index in [1.807, 2.05) is 6.07 Å². The van der Waals surface area contributed by atoms with Gasteiger partial charge in [0, 0.05) is 35.1 Å². The molecule has 0 saturated carbocycles. The Morgan fingerprint density at radius 1 is 1.30 bits per heavy atom. The minimum Gasteiger partial charge on any atom is -0.463 e. The molecule has 0 unspecified atom stereocenters. The van der Waals surface area contributed by atoms with Crippen LogP contribution in [-0.2, 0) is 24.3 Å². The van der Waals surface area contributed by atoms with Crippen molar-refractivity contribution in [2.45, 2.75) is 35.0 Å². The van der Waals surface area contributed by atoms with Crippen LogP contribution in [-0.4, -0.2) is 50.6 Å². The van der Waals surface area contributed by atoms with Crippen molar-refractivity contribution in [3.8, 4) is 0 Å². The number of carbonyl (C=O) groups is 1. The van der Waals surface area contributed by atoms with Gasteiger partial charge in [-0.2, -0.15) is 0 Å². The molecule has 3 rings (SSSR count). The molecule has 0 atom stereocenters. The molecule has 27 heavy (non-hydrogen) atoms. The first-order chi connectivity index (χ1) is 12.9. The van der Waals surface area contributed by atoms with Crippen LogP contribution in [0, 0.1) is 0 Å². The van der Waals surface area contributed by atoms with E-state index in [0.717, 1.165) is 14.9 Å². The topological polar surface area (TPSA) is 84.9 Å². The van der Waals surface area contributed by atoms with Gasteiger partial charge < -0.3 is 14.8 Å². The summed E-state index contributed by atoms with van der Waals surface area (Å²) in [7, 11) is -2.23. The third kappa shape index (κ3) is 3.94. The Morgan fingerprint density at radius 3 is 2.67 bits per heavy atom. The summed E-state index contributed by atoms with van der Waals surface area (Å²) in [4.78, 5) is 14.5. The zero-order valence-electron chi connectivity index (χ0n) is 15.4. The molecule has 0 radical (unpaired) electrons. The van der Waals surface area contributed by atoms with Gasteiger partial charge in [0.05, 0.1) is 17.9 Å². The van der Waals surface area contributed by atoms with Gasteiger partial charge in [-0.1, -0.05) is 0 Å². The molecule has 7 nitrogen and oxygen atoms in total. The lowest BCUT2D eigenvalue weighted by molar-refractivity contribution is -0.138. The van der Waals surface area contributed by atoms with Crippen LogP contribution in [0.5, 0.6) is 0 Å². The van der Waals surface area contributed by atoms with Gasteiger partial charge in [-0.05, 0) is 32.4 Å². The van der Waals surface area contributed by atoms with E-state index in [2.05, 4.69) is 5.32 Å². The van der Waals surface area contributed by atoms with E-state index in [1.54, 1.807) is 50.5 Å². The van der Waals surface area contributed by atoms with Gasteiger partial charge in [-0.25, -0.2) is 13.2 Å². The number of ether oxygens (including phenoxy) is 2. The van der Waals surface area contributed by atoms with Gasteiger partial charge >= 0.3 is 5.97 Å². The van der Waals surface area contributed by atoms with E-state index in [-0.39, 0.29) is 29.4 Å². The number of nitrogens with one attached hydrogen (secondary N) is 1. The Kier molecular flexibility index (Phi) is 6.29. The maximum Gasteiger partial charge on any atom is 0.337 e. The first-order valence-electron chi connectivity index (χ1n) is 8.50. The van der Waals surface area contributed by atoms with Crippen LogP contribution in [0.1, 0.15) is 20.3 Å². The highest BCUT2D eigenvalue weighted by Gasteiger charge is 2.37. The summed E-state index contributed by atoms with van der Waals surface area (Å²) in [6, 6.07) is 3.56. The highest BCUT2D eigenvalue weighted by molar-refractivity contribution is 8.18. The molecule has 2 aliphatic heterocycles. The molecule has 0 aliphatic carbocycles. The second-order valence-corrected chi connectivity index (χ2v) is 10.2. The highest BCUT2D eigenvalue weighted by atomic mass is 32.2. The molecule has 0 bridgehead atoms. The van der Waals surface area contributed by atoms with E-state index in [1.165, 1.54) is 4.31 Å². The monoisotopic (exact) mass is 430 g/mol. The first-order valence-corrected chi connectivity index (χ1v) is 11.9. The molecule has 0 spiro atoms. The van der Waals surface area contributed by atoms with Gasteiger partial charge in [0.2, 0.25) is 0 Å². The number of nitrogens with zero attached hydrogens (tertiary/aromatic N) is 1. The van der Waals surface area contributed by atoms with E-state index in [0.29, 0.717) is 18.7 Å². The van der Waals surface area contributed by atoms with Crippen LogP contribution < -0.4 is 5.32 Å². The molecule has 0 saturated heterocycles. The zero-order chi connectivity index (χ0) is 19.6. The number of anilines is 1. The quantitative estimate of drug-likeness (QED) is 0.419. The normalized spacial score (nSPS) is 19.1. The van der Waals surface area contributed by atoms with E-state index >= 15 is 0 Å². The summed E-state index contributed by atoms with van der Waals surface area (Å²) >= 11 is 3.30. The lowest BCUT2D eigenvalue weighted by atomic mass is 10.2. The van der Waals surface area contributed by atoms with Gasteiger partial charge in [0.25, 0.3) is 10.0 Å². The molecule has 1 N–H and O–H groups in total. The summed E-state index contributed by atoms with van der Waals surface area (Å²) in [6.07, 6.45) is 0.502. The van der Waals surface area contributed by atoms with Gasteiger partial charge in [-0.15, -0.1) is 23.5 Å². The molecule has 2 heterocycles. The zero-order valence-corrected chi connectivity index (χ0v) is 17.9. The number of benzene rings is 1. The van der Waals surface area contributed by atoms with Crippen LogP contribution in [0.4, 0.5) is 5.69 Å². The second kappa shape index (κ2) is 8.34. The molecule has 148 valence electrons. The number of methoxy groups -OCH3 is 1. The molecular formula is C17H22N2O5S3. The third-order valence-corrected chi connectivity index (χ3v) is 8.40. The fourth-order valence-corrected chi connectivity index (χ4v) is 7.03. The molecule has 1 aromatic carbocycles. The van der Waals surface area contributed by atoms with Crippen molar-refractivity contribution < 1.29 is 22.7 Å². The number of carbonyl (C=O) groups excluding carboxylic acids is 1. The molecule has 10 heteroatoms. The predicted molar refractivity (Wildman–Crippen MR) is 106 cm³/mol. The number of thioether (sulfide) groups is 2. The smallest absolute Gasteiger partial charge is 0.337 e. The van der Waals surface area contributed by atoms with Crippen LogP contribution >= 0.6 is 23.5 Å². The molecule has 0 aromatic heterocycles. The third-order valence-electron chi connectivity index (χ3n) is 4.19. The van der Waals surface area contributed by atoms with Gasteiger partial charge in [-0.3, -0.25) is 4.31 Å². The molecule has 0 amide bonds. The van der Waals surface area contributed by atoms with Crippen molar-refractivity contribution in [2.24, 2.45) is 0 Å². The van der Waals surface area contributed by atoms with E-state index in [4.69, 9.17) is 9.47 Å². The second-order valence-electron chi connectivity index (χ2n) is 5.94. The van der Waals surface area contributed by atoms with Crippen molar-refractivity contribution in [1.29, 1.82) is 0 Å². The Labute approximate surface area is 167 Å². The molecule has 1 aromatic rings. The molecule has 0 fully saturated rings. The molecule has 2 aliphatic rings. The van der Waals surface area contributed by atoms with Crippen LogP contribution in [0.2, 0.25) is 0 Å². The first kappa shape index (κ1) is 20.4. The number of hydrogen-bond acceptors (Lipinski definition) is 8. The lowest BCUT2D eigenvalue weighted by Gasteiger charge is -2.34. The van der Waals surface area contributed by atoms with Gasteiger partial charge in [0.15, 0.2) is 0 Å². The minimum atomic E-state index is -3.80. The Hall–Kier alpha value is -1.36. The molecular weight excluding hydrogens is 408 g/mol. The summed E-state index contributed by atoms with van der Waals surface area (Å²) in [5.74, 6) is -0.297. The van der Waals surface area contributed by atoms with E-state index in [9.17, 15) is 13.2 Å². The fourth-order valence-electron chi connectivity index (χ4n) is 2.86. The minimum absolute atomic E-state index is 0.202. The number of esters is 1. The van der Waals surface area contributed by atoms with Crippen molar-refractivity contribution >= 4 is 45.2 Å². The lowest BCUT2D eigenvalue weighted by Crippen LogP contribution is -2.40. The average molecular weight is 431 g/mol. The summed E-state index contributed by atoms with van der Waals surface area (Å²) in [5, 5.41) is 4.02. The number of fused-ring (bicyclic) bond motifs is 2.